The van der Waals surface area contributed by atoms with E-state index in [4.69, 9.17) is 21.6 Å². The second-order valence-electron chi connectivity index (χ2n) is 7.53. The fraction of sp³-hybridized carbons (Fsp3) is 0.556. The lowest BCUT2D eigenvalue weighted by Gasteiger charge is -2.26. The standard InChI is InChI=1S/C18H31N7O4/c1-18(2,3)29-17(26)24(16(21)23-25(27)28)10-4-5-14(20)12-22-15-8-6-13(11-19)7-9-15/h6-9,14,22H,4-5,10-12,19-20H2,1-3H3,(H2,21,23)/t14-/m0/s1. The molecule has 1 rings (SSSR count). The van der Waals surface area contributed by atoms with Crippen molar-refractivity contribution in [2.45, 2.75) is 51.8 Å². The molecule has 7 N–H and O–H groups in total. The molecule has 0 radical (unpaired) electrons. The zero-order valence-electron chi connectivity index (χ0n) is 17.1. The third-order valence-electron chi connectivity index (χ3n) is 3.80. The van der Waals surface area contributed by atoms with Crippen LogP contribution >= 0.6 is 0 Å². The number of anilines is 1. The van der Waals surface area contributed by atoms with Gasteiger partial charge in [-0.15, -0.1) is 0 Å². The van der Waals surface area contributed by atoms with Crippen LogP contribution < -0.4 is 22.2 Å². The molecular weight excluding hydrogens is 378 g/mol. The quantitative estimate of drug-likeness (QED) is 0.177. The Kier molecular flexibility index (Phi) is 9.29. The molecule has 0 bridgehead atoms. The van der Waals surface area contributed by atoms with E-state index in [0.29, 0.717) is 25.9 Å². The number of nitrogens with one attached hydrogen (secondary N) is 3. The third-order valence-corrected chi connectivity index (χ3v) is 3.80. The molecule has 1 atom stereocenters. The zero-order valence-corrected chi connectivity index (χ0v) is 17.1. The van der Waals surface area contributed by atoms with Crippen molar-refractivity contribution in [2.75, 3.05) is 18.4 Å². The van der Waals surface area contributed by atoms with E-state index in [9.17, 15) is 14.9 Å². The number of guanidine groups is 1. The first-order valence-electron chi connectivity index (χ1n) is 9.30. The minimum Gasteiger partial charge on any atom is -0.443 e. The van der Waals surface area contributed by atoms with Gasteiger partial charge in [0.1, 0.15) is 5.60 Å². The number of benzene rings is 1. The molecule has 0 aliphatic carbocycles. The second-order valence-corrected chi connectivity index (χ2v) is 7.53. The van der Waals surface area contributed by atoms with E-state index >= 15 is 0 Å². The van der Waals surface area contributed by atoms with Crippen LogP contribution in [0.3, 0.4) is 0 Å². The number of amides is 1. The lowest BCUT2D eigenvalue weighted by Crippen LogP contribution is -2.48. The summed E-state index contributed by atoms with van der Waals surface area (Å²) in [6.07, 6.45) is 0.151. The van der Waals surface area contributed by atoms with Crippen molar-refractivity contribution >= 4 is 17.7 Å². The van der Waals surface area contributed by atoms with Crippen molar-refractivity contribution in [1.82, 2.24) is 10.3 Å². The van der Waals surface area contributed by atoms with Gasteiger partial charge in [-0.1, -0.05) is 17.6 Å². The monoisotopic (exact) mass is 409 g/mol. The topological polar surface area (TPSA) is 173 Å². The first kappa shape index (κ1) is 24.1. The number of nitrogens with two attached hydrogens (primary N) is 2. The molecule has 1 aromatic rings. The van der Waals surface area contributed by atoms with Gasteiger partial charge in [0.15, 0.2) is 5.03 Å². The molecule has 11 nitrogen and oxygen atoms in total. The smallest absolute Gasteiger partial charge is 0.417 e. The molecule has 0 heterocycles. The van der Waals surface area contributed by atoms with Crippen LogP contribution in [0, 0.1) is 15.5 Å². The summed E-state index contributed by atoms with van der Waals surface area (Å²) in [4.78, 5) is 23.8. The maximum atomic E-state index is 12.3. The highest BCUT2D eigenvalue weighted by Gasteiger charge is 2.27. The molecular formula is C18H31N7O4. The van der Waals surface area contributed by atoms with Crippen LogP contribution in [-0.2, 0) is 11.3 Å². The normalized spacial score (nSPS) is 12.0. The lowest BCUT2D eigenvalue weighted by atomic mass is 10.1. The third kappa shape index (κ3) is 9.72. The summed E-state index contributed by atoms with van der Waals surface area (Å²) in [5.41, 5.74) is 14.5. The molecule has 0 saturated heterocycles. The van der Waals surface area contributed by atoms with E-state index in [-0.39, 0.29) is 12.6 Å². The second kappa shape index (κ2) is 11.2. The molecule has 162 valence electrons. The van der Waals surface area contributed by atoms with E-state index < -0.39 is 22.7 Å². The molecule has 1 aromatic carbocycles. The maximum Gasteiger partial charge on any atom is 0.417 e. The molecule has 0 aliphatic heterocycles. The van der Waals surface area contributed by atoms with E-state index in [1.54, 1.807) is 26.2 Å². The van der Waals surface area contributed by atoms with Crippen molar-refractivity contribution < 1.29 is 14.6 Å². The molecule has 0 saturated carbocycles. The highest BCUT2D eigenvalue weighted by molar-refractivity contribution is 5.91. The Balaban J connectivity index is 2.53. The number of carbonyl (C=O) groups is 1. The van der Waals surface area contributed by atoms with Gasteiger partial charge in [-0.2, -0.15) is 0 Å². The van der Waals surface area contributed by atoms with E-state index in [2.05, 4.69) is 5.32 Å². The Morgan fingerprint density at radius 1 is 1.34 bits per heavy atom. The number of hydrazine groups is 1. The number of carbonyl (C=O) groups excluding carboxylic acids is 1. The van der Waals surface area contributed by atoms with Gasteiger partial charge in [0.2, 0.25) is 0 Å². The molecule has 0 aromatic heterocycles. The summed E-state index contributed by atoms with van der Waals surface area (Å²) in [6, 6.07) is 7.50. The van der Waals surface area contributed by atoms with E-state index in [1.807, 2.05) is 24.3 Å². The summed E-state index contributed by atoms with van der Waals surface area (Å²) in [7, 11) is 0. The van der Waals surface area contributed by atoms with Gasteiger partial charge in [-0.25, -0.2) is 19.8 Å². The first-order chi connectivity index (χ1) is 13.5. The molecule has 1 amide bonds. The Hall–Kier alpha value is -2.92. The van der Waals surface area contributed by atoms with Crippen molar-refractivity contribution in [1.29, 1.82) is 5.41 Å². The minimum absolute atomic E-state index is 0.0630. The van der Waals surface area contributed by atoms with Crippen LogP contribution in [0.2, 0.25) is 0 Å². The van der Waals surface area contributed by atoms with Gasteiger partial charge in [-0.05, 0) is 51.3 Å². The Bertz CT molecular complexity index is 688. The van der Waals surface area contributed by atoms with Gasteiger partial charge in [-0.3, -0.25) is 5.41 Å². The summed E-state index contributed by atoms with van der Waals surface area (Å²) < 4.78 is 5.22. The molecule has 0 fully saturated rings. The Morgan fingerprint density at radius 3 is 2.48 bits per heavy atom. The minimum atomic E-state index is -0.898. The number of rotatable bonds is 9. The van der Waals surface area contributed by atoms with Crippen molar-refractivity contribution in [3.8, 4) is 0 Å². The fourth-order valence-electron chi connectivity index (χ4n) is 2.38. The molecule has 0 unspecified atom stereocenters. The summed E-state index contributed by atoms with van der Waals surface area (Å²) in [5.74, 6) is -0.657. The van der Waals surface area contributed by atoms with Gasteiger partial charge in [0.05, 0.1) is 0 Å². The van der Waals surface area contributed by atoms with Gasteiger partial charge in [0.25, 0.3) is 5.96 Å². The SMILES string of the molecule is CC(C)(C)OC(=O)N(CCC[C@H](N)CNc1ccc(CN)cc1)C(=N)N[N+](=O)[O-]. The summed E-state index contributed by atoms with van der Waals surface area (Å²) in [6.45, 7) is 6.08. The van der Waals surface area contributed by atoms with Crippen LogP contribution in [0.5, 0.6) is 0 Å². The van der Waals surface area contributed by atoms with Crippen LogP contribution in [-0.4, -0.2) is 46.7 Å². The fourth-order valence-corrected chi connectivity index (χ4v) is 2.38. The highest BCUT2D eigenvalue weighted by atomic mass is 16.7. The maximum absolute atomic E-state index is 12.3. The Labute approximate surface area is 170 Å². The highest BCUT2D eigenvalue weighted by Crippen LogP contribution is 2.12. The zero-order chi connectivity index (χ0) is 22.0. The van der Waals surface area contributed by atoms with E-state index in [0.717, 1.165) is 16.2 Å². The number of hydrogen-bond donors (Lipinski definition) is 5. The van der Waals surface area contributed by atoms with E-state index in [1.165, 1.54) is 0 Å². The van der Waals surface area contributed by atoms with Gasteiger partial charge >= 0.3 is 6.09 Å². The predicted molar refractivity (Wildman–Crippen MR) is 111 cm³/mol. The van der Waals surface area contributed by atoms with Gasteiger partial charge in [0, 0.05) is 31.4 Å². The summed E-state index contributed by atoms with van der Waals surface area (Å²) in [5, 5.41) is 20.7. The van der Waals surface area contributed by atoms with Crippen molar-refractivity contribution in [3.05, 3.63) is 39.9 Å². The average Bonchev–Trinajstić information content (AvgIpc) is 2.61. The van der Waals surface area contributed by atoms with Crippen LogP contribution in [0.1, 0.15) is 39.2 Å². The molecule has 29 heavy (non-hydrogen) atoms. The van der Waals surface area contributed by atoms with Crippen LogP contribution in [0.4, 0.5) is 10.5 Å². The average molecular weight is 409 g/mol. The van der Waals surface area contributed by atoms with Crippen molar-refractivity contribution in [2.24, 2.45) is 11.5 Å². The predicted octanol–water partition coefficient (Wildman–Crippen LogP) is 1.62. The molecule has 11 heteroatoms. The Morgan fingerprint density at radius 2 is 1.97 bits per heavy atom. The molecule has 0 spiro atoms. The van der Waals surface area contributed by atoms with Crippen molar-refractivity contribution in [3.63, 3.8) is 0 Å². The number of hydrogen-bond acceptors (Lipinski definition) is 8. The van der Waals surface area contributed by atoms with Gasteiger partial charge < -0.3 is 21.5 Å². The van der Waals surface area contributed by atoms with Crippen LogP contribution in [0.25, 0.3) is 0 Å². The largest absolute Gasteiger partial charge is 0.443 e. The molecule has 0 aliphatic rings. The number of nitro groups is 1. The van der Waals surface area contributed by atoms with Crippen LogP contribution in [0.15, 0.2) is 24.3 Å². The lowest BCUT2D eigenvalue weighted by molar-refractivity contribution is -0.526. The first-order valence-corrected chi connectivity index (χ1v) is 9.30. The number of nitrogens with zero attached hydrogens (tertiary/aromatic N) is 2. The number of ether oxygens (including phenoxy) is 1. The summed E-state index contributed by atoms with van der Waals surface area (Å²) >= 11 is 0.